The van der Waals surface area contributed by atoms with Crippen LogP contribution < -0.4 is 0 Å². The van der Waals surface area contributed by atoms with Gasteiger partial charge in [-0.15, -0.1) is 0 Å². The molecule has 0 aromatic rings. The third-order valence-electron chi connectivity index (χ3n) is 2.79. The van der Waals surface area contributed by atoms with Crippen LogP contribution in [0.3, 0.4) is 0 Å². The van der Waals surface area contributed by atoms with E-state index in [9.17, 15) is 26.4 Å². The second-order valence-corrected chi connectivity index (χ2v) is 5.98. The summed E-state index contributed by atoms with van der Waals surface area (Å²) in [6, 6.07) is 0. The Bertz CT molecular complexity index is 416. The highest BCUT2D eigenvalue weighted by Gasteiger charge is 2.50. The average molecular weight is 305 g/mol. The minimum Gasteiger partial charge on any atom is -0.464 e. The maximum absolute atomic E-state index is 12.0. The van der Waals surface area contributed by atoms with Crippen molar-refractivity contribution in [3.8, 4) is 0 Å². The SMILES string of the molecule is O=C(OCCN(O)S(=O)(=O)C(F)(F)F)C1CCCC1. The molecule has 10 heteroatoms. The first-order valence-electron chi connectivity index (χ1n) is 5.61. The van der Waals surface area contributed by atoms with Gasteiger partial charge in [0.1, 0.15) is 6.61 Å². The maximum Gasteiger partial charge on any atom is 0.513 e. The summed E-state index contributed by atoms with van der Waals surface area (Å²) in [5, 5.41) is 8.82. The number of esters is 1. The van der Waals surface area contributed by atoms with Crippen molar-refractivity contribution in [1.82, 2.24) is 4.47 Å². The van der Waals surface area contributed by atoms with Crippen LogP contribution >= 0.6 is 0 Å². The summed E-state index contributed by atoms with van der Waals surface area (Å²) in [5.74, 6) is -0.860. The van der Waals surface area contributed by atoms with Gasteiger partial charge in [-0.25, -0.2) is 8.42 Å². The molecule has 1 aliphatic rings. The molecule has 0 saturated heterocycles. The van der Waals surface area contributed by atoms with Crippen LogP contribution in [0.2, 0.25) is 0 Å². The summed E-state index contributed by atoms with van der Waals surface area (Å²) in [5.41, 5.74) is -5.59. The second-order valence-electron chi connectivity index (χ2n) is 4.15. The fourth-order valence-corrected chi connectivity index (χ4v) is 2.30. The molecule has 1 saturated carbocycles. The number of hydrogen-bond donors (Lipinski definition) is 1. The number of halogens is 3. The van der Waals surface area contributed by atoms with Gasteiger partial charge in [-0.05, 0) is 12.8 Å². The molecule has 0 amide bonds. The lowest BCUT2D eigenvalue weighted by Crippen LogP contribution is -2.40. The maximum atomic E-state index is 12.0. The third kappa shape index (κ3) is 4.05. The lowest BCUT2D eigenvalue weighted by Gasteiger charge is -2.17. The summed E-state index contributed by atoms with van der Waals surface area (Å²) in [7, 11) is -5.80. The molecule has 0 unspecified atom stereocenters. The number of hydroxylamine groups is 1. The highest BCUT2D eigenvalue weighted by molar-refractivity contribution is 7.89. The van der Waals surface area contributed by atoms with Gasteiger partial charge in [0.25, 0.3) is 0 Å². The van der Waals surface area contributed by atoms with Crippen molar-refractivity contribution >= 4 is 16.0 Å². The van der Waals surface area contributed by atoms with Gasteiger partial charge in [-0.1, -0.05) is 17.3 Å². The van der Waals surface area contributed by atoms with Crippen LogP contribution in [0.25, 0.3) is 0 Å². The van der Waals surface area contributed by atoms with Crippen molar-refractivity contribution < 1.29 is 36.3 Å². The van der Waals surface area contributed by atoms with Gasteiger partial charge >= 0.3 is 21.5 Å². The third-order valence-corrected chi connectivity index (χ3v) is 4.11. The van der Waals surface area contributed by atoms with Gasteiger partial charge in [0.05, 0.1) is 12.5 Å². The number of hydrogen-bond acceptors (Lipinski definition) is 5. The molecule has 0 atom stereocenters. The quantitative estimate of drug-likeness (QED) is 0.610. The first-order chi connectivity index (χ1) is 8.66. The molecule has 1 fully saturated rings. The lowest BCUT2D eigenvalue weighted by molar-refractivity contribution is -0.150. The minimum absolute atomic E-state index is 0.286. The largest absolute Gasteiger partial charge is 0.513 e. The van der Waals surface area contributed by atoms with E-state index < -0.39 is 39.1 Å². The monoisotopic (exact) mass is 305 g/mol. The highest BCUT2D eigenvalue weighted by Crippen LogP contribution is 2.26. The van der Waals surface area contributed by atoms with Crippen molar-refractivity contribution in [2.75, 3.05) is 13.2 Å². The smallest absolute Gasteiger partial charge is 0.464 e. The fraction of sp³-hybridized carbons (Fsp3) is 0.889. The number of alkyl halides is 3. The molecule has 0 heterocycles. The molecule has 6 nitrogen and oxygen atoms in total. The summed E-state index contributed by atoms with van der Waals surface area (Å²) in [6.07, 6.45) is 3.08. The van der Waals surface area contributed by atoms with Crippen molar-refractivity contribution in [3.63, 3.8) is 0 Å². The fourth-order valence-electron chi connectivity index (χ4n) is 1.74. The van der Waals surface area contributed by atoms with Crippen LogP contribution in [-0.4, -0.2) is 42.7 Å². The molecule has 1 aliphatic carbocycles. The van der Waals surface area contributed by atoms with E-state index >= 15 is 0 Å². The first kappa shape index (κ1) is 16.2. The Kier molecular flexibility index (Phi) is 5.16. The first-order valence-corrected chi connectivity index (χ1v) is 7.05. The minimum atomic E-state index is -5.80. The van der Waals surface area contributed by atoms with Crippen LogP contribution in [0, 0.1) is 5.92 Å². The Labute approximate surface area is 108 Å². The predicted octanol–water partition coefficient (Wildman–Crippen LogP) is 1.26. The standard InChI is InChI=1S/C9H14F3NO5S/c10-9(11,12)19(16,17)13(15)5-6-18-8(14)7-3-1-2-4-7/h7,15H,1-6H2. The summed E-state index contributed by atoms with van der Waals surface area (Å²) in [6.45, 7) is -1.58. The Morgan fingerprint density at radius 3 is 2.32 bits per heavy atom. The van der Waals surface area contributed by atoms with Crippen molar-refractivity contribution in [1.29, 1.82) is 0 Å². The topological polar surface area (TPSA) is 83.9 Å². The molecule has 112 valence electrons. The van der Waals surface area contributed by atoms with E-state index in [1.807, 2.05) is 0 Å². The zero-order valence-corrected chi connectivity index (χ0v) is 10.7. The van der Waals surface area contributed by atoms with E-state index in [1.54, 1.807) is 0 Å². The molecule has 19 heavy (non-hydrogen) atoms. The van der Waals surface area contributed by atoms with E-state index in [0.29, 0.717) is 12.8 Å². The number of ether oxygens (including phenoxy) is 1. The Balaban J connectivity index is 2.39. The van der Waals surface area contributed by atoms with E-state index in [-0.39, 0.29) is 5.92 Å². The number of nitrogens with zero attached hydrogens (tertiary/aromatic N) is 1. The van der Waals surface area contributed by atoms with E-state index in [1.165, 1.54) is 0 Å². The summed E-state index contributed by atoms with van der Waals surface area (Å²) >= 11 is 0. The van der Waals surface area contributed by atoms with Crippen molar-refractivity contribution in [3.05, 3.63) is 0 Å². The Morgan fingerprint density at radius 1 is 1.32 bits per heavy atom. The van der Waals surface area contributed by atoms with Crippen LogP contribution in [0.15, 0.2) is 0 Å². The highest BCUT2D eigenvalue weighted by atomic mass is 32.2. The van der Waals surface area contributed by atoms with Crippen LogP contribution in [0.5, 0.6) is 0 Å². The van der Waals surface area contributed by atoms with E-state index in [4.69, 9.17) is 5.21 Å². The molecule has 0 spiro atoms. The predicted molar refractivity (Wildman–Crippen MR) is 56.4 cm³/mol. The van der Waals surface area contributed by atoms with Gasteiger partial charge in [0.15, 0.2) is 0 Å². The van der Waals surface area contributed by atoms with Gasteiger partial charge in [0, 0.05) is 0 Å². The van der Waals surface area contributed by atoms with E-state index in [2.05, 4.69) is 4.74 Å². The van der Waals surface area contributed by atoms with E-state index in [0.717, 1.165) is 12.8 Å². The van der Waals surface area contributed by atoms with Gasteiger partial charge < -0.3 is 4.74 Å². The van der Waals surface area contributed by atoms with Crippen molar-refractivity contribution in [2.45, 2.75) is 31.2 Å². The molecule has 1 N–H and O–H groups in total. The normalized spacial score (nSPS) is 17.9. The number of carbonyl (C=O) groups excluding carboxylic acids is 1. The number of rotatable bonds is 5. The molecule has 0 aromatic heterocycles. The summed E-state index contributed by atoms with van der Waals surface area (Å²) in [4.78, 5) is 11.4. The Morgan fingerprint density at radius 2 is 1.84 bits per heavy atom. The van der Waals surface area contributed by atoms with Crippen LogP contribution in [0.4, 0.5) is 13.2 Å². The average Bonchev–Trinajstić information content (AvgIpc) is 2.80. The van der Waals surface area contributed by atoms with Gasteiger partial charge in [-0.2, -0.15) is 13.2 Å². The molecular weight excluding hydrogens is 291 g/mol. The molecule has 1 rings (SSSR count). The zero-order valence-electron chi connectivity index (χ0n) is 9.89. The summed E-state index contributed by atoms with van der Waals surface area (Å²) < 4.78 is 61.2. The van der Waals surface area contributed by atoms with Gasteiger partial charge in [0.2, 0.25) is 0 Å². The van der Waals surface area contributed by atoms with Crippen molar-refractivity contribution in [2.24, 2.45) is 5.92 Å². The molecule has 0 aliphatic heterocycles. The molecular formula is C9H14F3NO5S. The van der Waals surface area contributed by atoms with Gasteiger partial charge in [-0.3, -0.25) is 10.0 Å². The number of sulfonamides is 1. The molecule has 0 aromatic carbocycles. The second kappa shape index (κ2) is 6.06. The Hall–Kier alpha value is -0.870. The molecule has 0 bridgehead atoms. The molecule has 0 radical (unpaired) electrons. The number of carbonyl (C=O) groups is 1. The van der Waals surface area contributed by atoms with Crippen LogP contribution in [0.1, 0.15) is 25.7 Å². The van der Waals surface area contributed by atoms with Crippen LogP contribution in [-0.2, 0) is 19.6 Å². The lowest BCUT2D eigenvalue weighted by atomic mass is 10.1. The zero-order chi connectivity index (χ0) is 14.7.